The lowest BCUT2D eigenvalue weighted by Crippen LogP contribution is -2.71. The topological polar surface area (TPSA) is 60.0 Å². The van der Waals surface area contributed by atoms with Crippen LogP contribution in [0.1, 0.15) is 32.4 Å². The van der Waals surface area contributed by atoms with Crippen LogP contribution in [0.4, 0.5) is 0 Å². The molecule has 24 heavy (non-hydrogen) atoms. The van der Waals surface area contributed by atoms with Gasteiger partial charge in [0, 0.05) is 12.1 Å². The van der Waals surface area contributed by atoms with E-state index >= 15 is 0 Å². The molecule has 1 N–H and O–H groups in total. The predicted molar refractivity (Wildman–Crippen MR) is 93.0 cm³/mol. The lowest BCUT2D eigenvalue weighted by atomic mass is 9.79. The van der Waals surface area contributed by atoms with Crippen LogP contribution in [0.2, 0.25) is 0 Å². The van der Waals surface area contributed by atoms with Crippen molar-refractivity contribution in [1.82, 2.24) is 10.2 Å². The Morgan fingerprint density at radius 3 is 2.83 bits per heavy atom. The molecule has 0 saturated carbocycles. The number of hydrogen-bond acceptors (Lipinski definition) is 5. The van der Waals surface area contributed by atoms with E-state index in [2.05, 4.69) is 5.32 Å². The van der Waals surface area contributed by atoms with Gasteiger partial charge in [0.05, 0.1) is 19.8 Å². The molecule has 1 fully saturated rings. The highest BCUT2D eigenvalue weighted by Crippen LogP contribution is 2.49. The van der Waals surface area contributed by atoms with Crippen LogP contribution in [0.5, 0.6) is 11.5 Å². The minimum absolute atomic E-state index is 0.299. The summed E-state index contributed by atoms with van der Waals surface area (Å²) in [6, 6.07) is 5.27. The third-order valence-electron chi connectivity index (χ3n) is 4.70. The summed E-state index contributed by atoms with van der Waals surface area (Å²) in [6.45, 7) is 6.61. The number of thiocarbonyl (C=S) groups is 1. The molecule has 3 atom stereocenters. The molecule has 1 aromatic carbocycles. The van der Waals surface area contributed by atoms with Crippen molar-refractivity contribution in [3.05, 3.63) is 23.8 Å². The Balaban J connectivity index is 2.14. The molecule has 0 spiro atoms. The maximum Gasteiger partial charge on any atom is 0.317 e. The molecule has 0 aliphatic carbocycles. The molecule has 2 bridgehead atoms. The Kier molecular flexibility index (Phi) is 4.29. The van der Waals surface area contributed by atoms with Gasteiger partial charge in [-0.3, -0.25) is 4.79 Å². The predicted octanol–water partition coefficient (Wildman–Crippen LogP) is 2.23. The number of nitrogens with one attached hydrogen (secondary N) is 1. The quantitative estimate of drug-likeness (QED) is 0.660. The first-order chi connectivity index (χ1) is 11.5. The zero-order valence-electron chi connectivity index (χ0n) is 14.3. The van der Waals surface area contributed by atoms with Crippen LogP contribution < -0.4 is 14.8 Å². The summed E-state index contributed by atoms with van der Waals surface area (Å²) in [5, 5.41) is 3.86. The Labute approximate surface area is 147 Å². The van der Waals surface area contributed by atoms with Gasteiger partial charge in [-0.1, -0.05) is 0 Å². The van der Waals surface area contributed by atoms with Gasteiger partial charge in [-0.15, -0.1) is 0 Å². The molecule has 6 nitrogen and oxygen atoms in total. The van der Waals surface area contributed by atoms with E-state index in [1.165, 1.54) is 0 Å². The summed E-state index contributed by atoms with van der Waals surface area (Å²) in [6.07, 6.45) is 0. The maximum atomic E-state index is 12.7. The first-order valence-corrected chi connectivity index (χ1v) is 8.48. The molecule has 7 heteroatoms. The fraction of sp³-hybridized carbons (Fsp3) is 0.529. The smallest absolute Gasteiger partial charge is 0.317 e. The molecule has 0 aromatic heterocycles. The van der Waals surface area contributed by atoms with Gasteiger partial charge in [-0.2, -0.15) is 0 Å². The third kappa shape index (κ3) is 2.38. The van der Waals surface area contributed by atoms with E-state index < -0.39 is 11.6 Å². The van der Waals surface area contributed by atoms with Gasteiger partial charge in [0.25, 0.3) is 0 Å². The van der Waals surface area contributed by atoms with Crippen LogP contribution in [-0.4, -0.2) is 42.0 Å². The van der Waals surface area contributed by atoms with Crippen molar-refractivity contribution in [1.29, 1.82) is 0 Å². The largest absolute Gasteiger partial charge is 0.497 e. The van der Waals surface area contributed by atoms with E-state index in [9.17, 15) is 4.79 Å². The number of methoxy groups -OCH3 is 1. The normalized spacial score (nSPS) is 27.7. The second-order valence-corrected chi connectivity index (χ2v) is 6.35. The lowest BCUT2D eigenvalue weighted by molar-refractivity contribution is -0.174. The number of carbonyl (C=O) groups excluding carboxylic acids is 1. The highest BCUT2D eigenvalue weighted by atomic mass is 32.1. The van der Waals surface area contributed by atoms with Gasteiger partial charge in [0.2, 0.25) is 0 Å². The molecule has 1 saturated heterocycles. The van der Waals surface area contributed by atoms with Crippen LogP contribution in [0.15, 0.2) is 18.2 Å². The van der Waals surface area contributed by atoms with E-state index in [4.69, 9.17) is 26.4 Å². The standard InChI is InChI=1S/C17H22N2O4S/c1-5-19-16(24)18-14-11-9-10(21-4)7-8-12(11)23-17(19,3)13(14)15(20)22-6-2/h7-9,13-14H,5-6H2,1-4H3,(H,18,24)/t13-,14+,17+/m0/s1. The van der Waals surface area contributed by atoms with Crippen molar-refractivity contribution in [3.8, 4) is 11.5 Å². The van der Waals surface area contributed by atoms with Gasteiger partial charge < -0.3 is 24.4 Å². The summed E-state index contributed by atoms with van der Waals surface area (Å²) >= 11 is 5.50. The molecular weight excluding hydrogens is 328 g/mol. The molecule has 2 aliphatic heterocycles. The van der Waals surface area contributed by atoms with Gasteiger partial charge in [0.1, 0.15) is 17.4 Å². The number of esters is 1. The van der Waals surface area contributed by atoms with Gasteiger partial charge >= 0.3 is 5.97 Å². The van der Waals surface area contributed by atoms with Crippen LogP contribution in [0, 0.1) is 5.92 Å². The molecule has 0 radical (unpaired) electrons. The molecule has 0 unspecified atom stereocenters. The van der Waals surface area contributed by atoms with Gasteiger partial charge in [-0.05, 0) is 51.2 Å². The minimum Gasteiger partial charge on any atom is -0.497 e. The molecular formula is C17H22N2O4S. The van der Waals surface area contributed by atoms with Crippen molar-refractivity contribution < 1.29 is 19.0 Å². The summed E-state index contributed by atoms with van der Waals surface area (Å²) < 4.78 is 16.9. The summed E-state index contributed by atoms with van der Waals surface area (Å²) in [5.74, 6) is 0.585. The average Bonchev–Trinajstić information content (AvgIpc) is 2.54. The van der Waals surface area contributed by atoms with Gasteiger partial charge in [0.15, 0.2) is 10.8 Å². The first kappa shape index (κ1) is 16.8. The number of carbonyl (C=O) groups is 1. The third-order valence-corrected chi connectivity index (χ3v) is 5.03. The fourth-order valence-electron chi connectivity index (χ4n) is 3.61. The molecule has 130 valence electrons. The van der Waals surface area contributed by atoms with Crippen molar-refractivity contribution in [2.75, 3.05) is 20.3 Å². The monoisotopic (exact) mass is 350 g/mol. The Bertz CT molecular complexity index is 681. The average molecular weight is 350 g/mol. The van der Waals surface area contributed by atoms with E-state index in [-0.39, 0.29) is 12.0 Å². The first-order valence-electron chi connectivity index (χ1n) is 8.08. The minimum atomic E-state index is -0.893. The highest BCUT2D eigenvalue weighted by Gasteiger charge is 2.59. The number of hydrogen-bond donors (Lipinski definition) is 1. The second-order valence-electron chi connectivity index (χ2n) is 5.96. The van der Waals surface area contributed by atoms with Crippen molar-refractivity contribution in [3.63, 3.8) is 0 Å². The maximum absolute atomic E-state index is 12.7. The van der Waals surface area contributed by atoms with Crippen molar-refractivity contribution in [2.24, 2.45) is 5.92 Å². The number of ether oxygens (including phenoxy) is 3. The Morgan fingerprint density at radius 2 is 2.21 bits per heavy atom. The van der Waals surface area contributed by atoms with E-state index in [1.54, 1.807) is 14.0 Å². The van der Waals surface area contributed by atoms with Crippen molar-refractivity contribution in [2.45, 2.75) is 32.5 Å². The number of rotatable bonds is 4. The summed E-state index contributed by atoms with van der Waals surface area (Å²) in [4.78, 5) is 14.6. The zero-order chi connectivity index (χ0) is 17.5. The van der Waals surface area contributed by atoms with Crippen LogP contribution in [0.25, 0.3) is 0 Å². The fourth-order valence-corrected chi connectivity index (χ4v) is 4.04. The number of fused-ring (bicyclic) bond motifs is 4. The number of benzene rings is 1. The van der Waals surface area contributed by atoms with Crippen molar-refractivity contribution >= 4 is 23.3 Å². The summed E-state index contributed by atoms with van der Waals surface area (Å²) in [7, 11) is 1.61. The lowest BCUT2D eigenvalue weighted by Gasteiger charge is -2.55. The van der Waals surface area contributed by atoms with Gasteiger partial charge in [-0.25, -0.2) is 0 Å². The highest BCUT2D eigenvalue weighted by molar-refractivity contribution is 7.80. The number of nitrogens with zero attached hydrogens (tertiary/aromatic N) is 1. The zero-order valence-corrected chi connectivity index (χ0v) is 15.1. The van der Waals surface area contributed by atoms with Crippen LogP contribution in [-0.2, 0) is 9.53 Å². The SMILES string of the molecule is CCOC(=O)[C@@H]1[C@@H]2NC(=S)N(CC)[C@]1(C)Oc1ccc(OC)cc12. The van der Waals surface area contributed by atoms with Crippen LogP contribution in [0.3, 0.4) is 0 Å². The molecule has 0 amide bonds. The second kappa shape index (κ2) is 6.12. The molecule has 1 aromatic rings. The van der Waals surface area contributed by atoms with E-state index in [0.29, 0.717) is 24.0 Å². The Morgan fingerprint density at radius 1 is 1.46 bits per heavy atom. The van der Waals surface area contributed by atoms with E-state index in [1.807, 2.05) is 36.9 Å². The molecule has 3 rings (SSSR count). The Hall–Kier alpha value is -2.02. The summed E-state index contributed by atoms with van der Waals surface area (Å²) in [5.41, 5.74) is -0.0433. The molecule has 2 aliphatic rings. The van der Waals surface area contributed by atoms with E-state index in [0.717, 1.165) is 11.3 Å². The molecule has 2 heterocycles. The van der Waals surface area contributed by atoms with Crippen LogP contribution >= 0.6 is 12.2 Å².